The van der Waals surface area contributed by atoms with Crippen molar-refractivity contribution in [2.75, 3.05) is 12.4 Å². The van der Waals surface area contributed by atoms with Crippen molar-refractivity contribution in [2.45, 2.75) is 0 Å². The molecule has 0 aliphatic carbocycles. The number of carbonyl (C=O) groups is 2. The number of halogens is 1. The van der Waals surface area contributed by atoms with E-state index in [2.05, 4.69) is 10.1 Å². The van der Waals surface area contributed by atoms with Gasteiger partial charge >= 0.3 is 5.97 Å². The third kappa shape index (κ3) is 3.91. The summed E-state index contributed by atoms with van der Waals surface area (Å²) in [5.74, 6) is -2.70. The Kier molecular flexibility index (Phi) is 5.43. The number of primary amides is 1. The fraction of sp³-hybridized carbons (Fsp3) is 0.167. The molecule has 104 valence electrons. The number of benzene rings is 1. The van der Waals surface area contributed by atoms with Gasteiger partial charge in [0, 0.05) is 10.7 Å². The summed E-state index contributed by atoms with van der Waals surface area (Å²) in [6.07, 6.45) is 0. The molecule has 1 aromatic carbocycles. The maximum absolute atomic E-state index is 11.4. The maximum Gasteiger partial charge on any atom is 0.337 e. The topological polar surface area (TPSA) is 105 Å². The van der Waals surface area contributed by atoms with Crippen LogP contribution in [-0.2, 0) is 9.53 Å². The number of rotatable bonds is 4. The normalized spacial score (nSPS) is 11.1. The fourth-order valence-electron chi connectivity index (χ4n) is 1.36. The van der Waals surface area contributed by atoms with Gasteiger partial charge in [-0.2, -0.15) is 5.26 Å². The van der Waals surface area contributed by atoms with Gasteiger partial charge < -0.3 is 15.8 Å². The summed E-state index contributed by atoms with van der Waals surface area (Å²) < 4.78 is 4.57. The minimum absolute atomic E-state index is 0.0712. The number of nitrogens with two attached hydrogens (primary N) is 1. The summed E-state index contributed by atoms with van der Waals surface area (Å²) in [7, 11) is 1.24. The Bertz CT molecular complexity index is 612. The van der Waals surface area contributed by atoms with Crippen molar-refractivity contribution in [3.63, 3.8) is 0 Å². The smallest absolute Gasteiger partial charge is 0.337 e. The Morgan fingerprint density at radius 3 is 2.65 bits per heavy atom. The Labute approximate surface area is 125 Å². The van der Waals surface area contributed by atoms with Gasteiger partial charge in [0.25, 0.3) is 0 Å². The zero-order chi connectivity index (χ0) is 15.3. The van der Waals surface area contributed by atoms with Crippen LogP contribution >= 0.6 is 23.8 Å². The van der Waals surface area contributed by atoms with Crippen molar-refractivity contribution in [1.82, 2.24) is 0 Å². The second-order valence-electron chi connectivity index (χ2n) is 3.67. The summed E-state index contributed by atoms with van der Waals surface area (Å²) in [5, 5.41) is 11.7. The largest absolute Gasteiger partial charge is 0.465 e. The quantitative estimate of drug-likeness (QED) is 0.644. The average Bonchev–Trinajstić information content (AvgIpc) is 2.37. The van der Waals surface area contributed by atoms with E-state index in [0.29, 0.717) is 5.69 Å². The molecule has 0 bridgehead atoms. The standard InChI is InChI=1S/C12H10ClN3O3S/c1-19-12(18)6-2-7(13)4-8(3-6)16-11(20)9(5-14)10(15)17/h2-4,9H,1H3,(H2,15,17)(H,16,20). The number of nitrogens with zero attached hydrogens (tertiary/aromatic N) is 1. The van der Waals surface area contributed by atoms with E-state index in [1.807, 2.05) is 0 Å². The summed E-state index contributed by atoms with van der Waals surface area (Å²) in [6, 6.07) is 6.01. The van der Waals surface area contributed by atoms with Crippen LogP contribution in [0.3, 0.4) is 0 Å². The molecule has 1 amide bonds. The van der Waals surface area contributed by atoms with Gasteiger partial charge in [0.1, 0.15) is 4.99 Å². The van der Waals surface area contributed by atoms with Gasteiger partial charge in [-0.15, -0.1) is 0 Å². The molecule has 1 aromatic rings. The van der Waals surface area contributed by atoms with Crippen molar-refractivity contribution in [2.24, 2.45) is 11.7 Å². The molecule has 0 aliphatic heterocycles. The summed E-state index contributed by atoms with van der Waals surface area (Å²) in [4.78, 5) is 22.4. The van der Waals surface area contributed by atoms with Crippen molar-refractivity contribution in [1.29, 1.82) is 5.26 Å². The SMILES string of the molecule is COC(=O)c1cc(Cl)cc(NC(=S)C(C#N)C(N)=O)c1. The third-order valence-corrected chi connectivity index (χ3v) is 2.82. The predicted molar refractivity (Wildman–Crippen MR) is 77.3 cm³/mol. The molecular weight excluding hydrogens is 302 g/mol. The first-order valence-electron chi connectivity index (χ1n) is 5.27. The van der Waals surface area contributed by atoms with Crippen LogP contribution in [0.1, 0.15) is 10.4 Å². The number of hydrogen-bond acceptors (Lipinski definition) is 5. The van der Waals surface area contributed by atoms with E-state index in [9.17, 15) is 9.59 Å². The van der Waals surface area contributed by atoms with E-state index in [-0.39, 0.29) is 15.6 Å². The Balaban J connectivity index is 3.01. The van der Waals surface area contributed by atoms with Crippen molar-refractivity contribution in [3.8, 4) is 6.07 Å². The van der Waals surface area contributed by atoms with Crippen LogP contribution < -0.4 is 11.1 Å². The van der Waals surface area contributed by atoms with Gasteiger partial charge in [-0.05, 0) is 18.2 Å². The minimum Gasteiger partial charge on any atom is -0.465 e. The highest BCUT2D eigenvalue weighted by Gasteiger charge is 2.20. The number of ether oxygens (including phenoxy) is 1. The lowest BCUT2D eigenvalue weighted by Gasteiger charge is -2.11. The third-order valence-electron chi connectivity index (χ3n) is 2.26. The molecule has 0 radical (unpaired) electrons. The molecule has 0 aromatic heterocycles. The molecule has 0 aliphatic rings. The molecule has 0 fully saturated rings. The van der Waals surface area contributed by atoms with E-state index >= 15 is 0 Å². The number of thiocarbonyl (C=S) groups is 1. The van der Waals surface area contributed by atoms with E-state index in [1.165, 1.54) is 25.3 Å². The molecule has 20 heavy (non-hydrogen) atoms. The molecule has 3 N–H and O–H groups in total. The van der Waals surface area contributed by atoms with Crippen LogP contribution in [0, 0.1) is 17.2 Å². The number of amides is 1. The number of methoxy groups -OCH3 is 1. The highest BCUT2D eigenvalue weighted by molar-refractivity contribution is 7.80. The summed E-state index contributed by atoms with van der Waals surface area (Å²) in [6.45, 7) is 0. The Morgan fingerprint density at radius 2 is 2.15 bits per heavy atom. The zero-order valence-electron chi connectivity index (χ0n) is 10.3. The van der Waals surface area contributed by atoms with Crippen LogP contribution in [0.15, 0.2) is 18.2 Å². The molecule has 0 spiro atoms. The number of nitriles is 1. The van der Waals surface area contributed by atoms with Gasteiger partial charge in [0.15, 0.2) is 5.92 Å². The maximum atomic E-state index is 11.4. The lowest BCUT2D eigenvalue weighted by atomic mass is 10.1. The summed E-state index contributed by atoms with van der Waals surface area (Å²) in [5.41, 5.74) is 5.60. The van der Waals surface area contributed by atoms with E-state index in [0.717, 1.165) is 0 Å². The van der Waals surface area contributed by atoms with Gasteiger partial charge in [0.2, 0.25) is 5.91 Å². The molecule has 0 heterocycles. The molecule has 1 rings (SSSR count). The second-order valence-corrected chi connectivity index (χ2v) is 4.55. The van der Waals surface area contributed by atoms with Gasteiger partial charge in [-0.25, -0.2) is 4.79 Å². The number of anilines is 1. The molecular formula is C12H10ClN3O3S. The first kappa shape index (κ1) is 15.9. The predicted octanol–water partition coefficient (Wildman–Crippen LogP) is 1.49. The molecule has 0 saturated carbocycles. The fourth-order valence-corrected chi connectivity index (χ4v) is 1.89. The van der Waals surface area contributed by atoms with Crippen molar-refractivity contribution in [3.05, 3.63) is 28.8 Å². The first-order valence-corrected chi connectivity index (χ1v) is 6.06. The van der Waals surface area contributed by atoms with Crippen LogP contribution in [0.5, 0.6) is 0 Å². The minimum atomic E-state index is -1.26. The van der Waals surface area contributed by atoms with Crippen molar-refractivity contribution < 1.29 is 14.3 Å². The van der Waals surface area contributed by atoms with Crippen LogP contribution in [0.4, 0.5) is 5.69 Å². The molecule has 1 atom stereocenters. The molecule has 6 nitrogen and oxygen atoms in total. The van der Waals surface area contributed by atoms with Crippen LogP contribution in [0.2, 0.25) is 5.02 Å². The van der Waals surface area contributed by atoms with Gasteiger partial charge in [0.05, 0.1) is 18.7 Å². The molecule has 1 unspecified atom stereocenters. The average molecular weight is 312 g/mol. The van der Waals surface area contributed by atoms with Crippen molar-refractivity contribution >= 4 is 46.4 Å². The van der Waals surface area contributed by atoms with Crippen LogP contribution in [-0.4, -0.2) is 24.0 Å². The first-order chi connectivity index (χ1) is 9.38. The highest BCUT2D eigenvalue weighted by Crippen LogP contribution is 2.20. The lowest BCUT2D eigenvalue weighted by molar-refractivity contribution is -0.118. The van der Waals surface area contributed by atoms with Gasteiger partial charge in [-0.3, -0.25) is 4.79 Å². The van der Waals surface area contributed by atoms with E-state index in [4.69, 9.17) is 34.8 Å². The number of hydrogen-bond donors (Lipinski definition) is 2. The van der Waals surface area contributed by atoms with E-state index < -0.39 is 17.8 Å². The lowest BCUT2D eigenvalue weighted by Crippen LogP contribution is -2.32. The summed E-state index contributed by atoms with van der Waals surface area (Å²) >= 11 is 10.8. The van der Waals surface area contributed by atoms with Crippen LogP contribution in [0.25, 0.3) is 0 Å². The molecule has 0 saturated heterocycles. The van der Waals surface area contributed by atoms with E-state index in [1.54, 1.807) is 6.07 Å². The number of carbonyl (C=O) groups excluding carboxylic acids is 2. The molecule has 8 heteroatoms. The Morgan fingerprint density at radius 1 is 1.50 bits per heavy atom. The second kappa shape index (κ2) is 6.84. The number of nitrogens with one attached hydrogen (secondary N) is 1. The highest BCUT2D eigenvalue weighted by atomic mass is 35.5. The zero-order valence-corrected chi connectivity index (χ0v) is 11.9. The number of esters is 1. The Hall–Kier alpha value is -2.17. The van der Waals surface area contributed by atoms with Gasteiger partial charge in [-0.1, -0.05) is 23.8 Å². The monoisotopic (exact) mass is 311 g/mol.